The second-order valence-corrected chi connectivity index (χ2v) is 18.9. The summed E-state index contributed by atoms with van der Waals surface area (Å²) < 4.78 is 2.53. The number of rotatable bonds is 9. The molecule has 0 amide bonds. The number of benzene rings is 8. The van der Waals surface area contributed by atoms with Gasteiger partial charge in [0.1, 0.15) is 0 Å². The molecule has 8 aromatic carbocycles. The van der Waals surface area contributed by atoms with E-state index in [0.29, 0.717) is 23.1 Å². The van der Waals surface area contributed by atoms with Crippen LogP contribution in [0.1, 0.15) is 74.1 Å². The standard InChI is InChI=1S/C62H48N6/c1-38(2)41-17-25-46(26-18-41)66(45-23-15-40(37-63)16-24-45)49-10-6-9-43(33-49)51-11-7-12-52-55-36-60-57(35-58(55)65-61(51)52)54-14-8-13-53-56-34-50(31-32-59(56)68(60)62(53)54)67(48-29-21-44(64-5)22-30-48)47-27-19-42(20-28-47)39(3)4/h6-33,35-36,38-39,56,65H,34H2,1-4H3. The number of nitriles is 1. The van der Waals surface area contributed by atoms with Crippen LogP contribution in [0.25, 0.3) is 65.3 Å². The van der Waals surface area contributed by atoms with Gasteiger partial charge in [0.2, 0.25) is 0 Å². The van der Waals surface area contributed by atoms with E-state index in [2.05, 4.69) is 204 Å². The summed E-state index contributed by atoms with van der Waals surface area (Å²) in [5.74, 6) is 1.06. The summed E-state index contributed by atoms with van der Waals surface area (Å²) in [7, 11) is 0. The van der Waals surface area contributed by atoms with Crippen molar-refractivity contribution >= 4 is 83.4 Å². The maximum Gasteiger partial charge on any atom is 0.187 e. The lowest BCUT2D eigenvalue weighted by Crippen LogP contribution is -2.20. The number of allylic oxidation sites excluding steroid dienone is 4. The molecule has 1 unspecified atom stereocenters. The molecule has 2 aromatic heterocycles. The Morgan fingerprint density at radius 1 is 0.618 bits per heavy atom. The van der Waals surface area contributed by atoms with Crippen molar-refractivity contribution in [3.05, 3.63) is 221 Å². The topological polar surface area (TPSA) is 55.4 Å². The number of hydrogen-bond donors (Lipinski definition) is 1. The van der Waals surface area contributed by atoms with Crippen molar-refractivity contribution in [2.24, 2.45) is 0 Å². The van der Waals surface area contributed by atoms with Crippen molar-refractivity contribution in [3.8, 4) is 17.2 Å². The quantitative estimate of drug-likeness (QED) is 0.147. The van der Waals surface area contributed by atoms with Gasteiger partial charge < -0.3 is 19.4 Å². The van der Waals surface area contributed by atoms with Crippen LogP contribution in [0.5, 0.6) is 0 Å². The zero-order valence-electron chi connectivity index (χ0n) is 38.5. The molecule has 326 valence electrons. The lowest BCUT2D eigenvalue weighted by atomic mass is 9.88. The molecule has 0 saturated heterocycles. The van der Waals surface area contributed by atoms with Gasteiger partial charge in [0.05, 0.1) is 34.8 Å². The number of fused-ring (bicyclic) bond motifs is 9. The molecule has 1 aliphatic heterocycles. The molecule has 6 nitrogen and oxygen atoms in total. The van der Waals surface area contributed by atoms with Gasteiger partial charge in [-0.15, -0.1) is 0 Å². The molecule has 0 radical (unpaired) electrons. The molecule has 0 saturated carbocycles. The highest BCUT2D eigenvalue weighted by Gasteiger charge is 2.35. The summed E-state index contributed by atoms with van der Waals surface area (Å²) in [5, 5.41) is 14.5. The highest BCUT2D eigenvalue weighted by Crippen LogP contribution is 2.52. The van der Waals surface area contributed by atoms with Crippen LogP contribution in [0.2, 0.25) is 0 Å². The third-order valence-corrected chi connectivity index (χ3v) is 14.3. The van der Waals surface area contributed by atoms with Crippen LogP contribution < -0.4 is 9.80 Å². The third kappa shape index (κ3) is 6.60. The molecule has 68 heavy (non-hydrogen) atoms. The Labute approximate surface area is 396 Å². The predicted molar refractivity (Wildman–Crippen MR) is 283 cm³/mol. The first-order valence-corrected chi connectivity index (χ1v) is 23.6. The highest BCUT2D eigenvalue weighted by atomic mass is 15.2. The van der Waals surface area contributed by atoms with Gasteiger partial charge >= 0.3 is 0 Å². The van der Waals surface area contributed by atoms with Crippen molar-refractivity contribution in [2.75, 3.05) is 9.80 Å². The third-order valence-electron chi connectivity index (χ3n) is 14.3. The second-order valence-electron chi connectivity index (χ2n) is 18.9. The Morgan fingerprint density at radius 2 is 1.24 bits per heavy atom. The first-order valence-electron chi connectivity index (χ1n) is 23.6. The fraction of sp³-hybridized carbons (Fsp3) is 0.129. The lowest BCUT2D eigenvalue weighted by Gasteiger charge is -2.32. The first kappa shape index (κ1) is 40.9. The van der Waals surface area contributed by atoms with Crippen molar-refractivity contribution in [2.45, 2.75) is 51.9 Å². The zero-order chi connectivity index (χ0) is 46.2. The molecule has 12 rings (SSSR count). The average Bonchev–Trinajstić information content (AvgIpc) is 4.03. The summed E-state index contributed by atoms with van der Waals surface area (Å²) in [6.07, 6.45) is 5.49. The monoisotopic (exact) mass is 876 g/mol. The summed E-state index contributed by atoms with van der Waals surface area (Å²) in [6, 6.07) is 62.9. The van der Waals surface area contributed by atoms with Crippen LogP contribution in [0.4, 0.5) is 34.1 Å². The van der Waals surface area contributed by atoms with Crippen molar-refractivity contribution < 1.29 is 0 Å². The van der Waals surface area contributed by atoms with Crippen LogP contribution in [-0.4, -0.2) is 9.55 Å². The minimum absolute atomic E-state index is 0.188. The molecule has 10 aromatic rings. The molecule has 1 atom stereocenters. The average molecular weight is 877 g/mol. The number of hydrogen-bond acceptors (Lipinski definition) is 3. The molecule has 3 heterocycles. The van der Waals surface area contributed by atoms with Gasteiger partial charge in [0.25, 0.3) is 0 Å². The van der Waals surface area contributed by atoms with Crippen LogP contribution in [0, 0.1) is 17.9 Å². The van der Waals surface area contributed by atoms with Crippen LogP contribution in [-0.2, 0) is 0 Å². The molecule has 1 N–H and O–H groups in total. The van der Waals surface area contributed by atoms with E-state index in [9.17, 15) is 5.26 Å². The van der Waals surface area contributed by atoms with E-state index in [-0.39, 0.29) is 5.92 Å². The SMILES string of the molecule is [C-]#[N+]c1ccc(N(C2=CC=C3C(C2)c2cccc4c5cc6[nH]c7c(-c8cccc(N(c9ccc(C#N)cc9)c9ccc(C(C)C)cc9)c8)cccc7c6cc5n3c24)c2ccc(C(C)C)cc2)cc1. The first-order chi connectivity index (χ1) is 33.3. The lowest BCUT2D eigenvalue weighted by molar-refractivity contribution is 0.810. The number of anilines is 5. The molecule has 2 aliphatic rings. The Morgan fingerprint density at radius 3 is 1.90 bits per heavy atom. The number of H-pyrrole nitrogens is 1. The van der Waals surface area contributed by atoms with E-state index in [1.54, 1.807) is 0 Å². The van der Waals surface area contributed by atoms with Gasteiger partial charge in [-0.05, 0) is 131 Å². The summed E-state index contributed by atoms with van der Waals surface area (Å²) in [4.78, 5) is 12.2. The highest BCUT2D eigenvalue weighted by molar-refractivity contribution is 6.21. The predicted octanol–water partition coefficient (Wildman–Crippen LogP) is 17.3. The van der Waals surface area contributed by atoms with Gasteiger partial charge in [-0.1, -0.05) is 113 Å². The van der Waals surface area contributed by atoms with Gasteiger partial charge in [-0.25, -0.2) is 4.85 Å². The van der Waals surface area contributed by atoms with Crippen molar-refractivity contribution in [1.82, 2.24) is 9.55 Å². The van der Waals surface area contributed by atoms with Crippen molar-refractivity contribution in [1.29, 1.82) is 5.26 Å². The number of aromatic nitrogens is 2. The van der Waals surface area contributed by atoms with Gasteiger partial charge in [-0.2, -0.15) is 5.26 Å². The molecular weight excluding hydrogens is 829 g/mol. The molecule has 0 bridgehead atoms. The fourth-order valence-electron chi connectivity index (χ4n) is 10.8. The smallest absolute Gasteiger partial charge is 0.187 e. The van der Waals surface area contributed by atoms with Gasteiger partial charge in [0.15, 0.2) is 5.69 Å². The van der Waals surface area contributed by atoms with E-state index >= 15 is 0 Å². The van der Waals surface area contributed by atoms with Crippen molar-refractivity contribution in [3.63, 3.8) is 0 Å². The summed E-state index contributed by atoms with van der Waals surface area (Å²) in [5.41, 5.74) is 20.0. The van der Waals surface area contributed by atoms with E-state index in [0.717, 1.165) is 57.0 Å². The number of nitrogens with zero attached hydrogens (tertiary/aromatic N) is 5. The number of aromatic amines is 1. The normalized spacial score (nSPS) is 14.1. The van der Waals surface area contributed by atoms with E-state index in [4.69, 9.17) is 6.57 Å². The molecule has 0 spiro atoms. The minimum atomic E-state index is 0.188. The Balaban J connectivity index is 0.961. The second kappa shape index (κ2) is 16.1. The van der Waals surface area contributed by atoms with E-state index in [1.807, 2.05) is 36.4 Å². The zero-order valence-corrected chi connectivity index (χ0v) is 38.5. The van der Waals surface area contributed by atoms with Gasteiger partial charge in [-0.3, -0.25) is 0 Å². The molecule has 1 aliphatic carbocycles. The summed E-state index contributed by atoms with van der Waals surface area (Å²) >= 11 is 0. The number of para-hydroxylation sites is 2. The Bertz CT molecular complexity index is 3770. The number of nitrogens with one attached hydrogen (secondary N) is 1. The fourth-order valence-corrected chi connectivity index (χ4v) is 10.8. The van der Waals surface area contributed by atoms with E-state index < -0.39 is 0 Å². The van der Waals surface area contributed by atoms with Crippen LogP contribution >= 0.6 is 0 Å². The maximum absolute atomic E-state index is 9.59. The maximum atomic E-state index is 9.59. The van der Waals surface area contributed by atoms with Gasteiger partial charge in [0, 0.05) is 84.8 Å². The Hall–Kier alpha value is -8.58. The summed E-state index contributed by atoms with van der Waals surface area (Å²) in [6.45, 7) is 16.5. The minimum Gasteiger partial charge on any atom is -0.354 e. The van der Waals surface area contributed by atoms with E-state index in [1.165, 1.54) is 60.7 Å². The Kier molecular flexibility index (Phi) is 9.67. The largest absolute Gasteiger partial charge is 0.354 e. The van der Waals surface area contributed by atoms with Crippen LogP contribution in [0.3, 0.4) is 0 Å². The van der Waals surface area contributed by atoms with Crippen LogP contribution in [0.15, 0.2) is 188 Å². The molecular formula is C62H48N6. The molecule has 6 heteroatoms. The molecule has 0 fully saturated rings.